The van der Waals surface area contributed by atoms with Crippen molar-refractivity contribution >= 4 is 32.6 Å². The first-order valence-corrected chi connectivity index (χ1v) is 12.6. The highest BCUT2D eigenvalue weighted by atomic mass is 79.9. The van der Waals surface area contributed by atoms with Crippen LogP contribution in [-0.4, -0.2) is 26.9 Å². The molecule has 1 unspecified atom stereocenters. The molecule has 8 heteroatoms. The molecule has 0 aliphatic carbocycles. The van der Waals surface area contributed by atoms with E-state index in [0.717, 1.165) is 0 Å². The Balaban J connectivity index is 2.26. The Morgan fingerprint density at radius 3 is 1.76 bits per heavy atom. The van der Waals surface area contributed by atoms with E-state index in [0.29, 0.717) is 26.9 Å². The van der Waals surface area contributed by atoms with Crippen molar-refractivity contribution < 1.29 is 17.4 Å². The number of alkyl halides is 3. The van der Waals surface area contributed by atoms with E-state index < -0.39 is 34.0 Å². The largest absolute Gasteiger partial charge is 0.407 e. The van der Waals surface area contributed by atoms with Gasteiger partial charge in [-0.3, -0.25) is 4.99 Å². The third kappa shape index (κ3) is 6.64. The maximum Gasteiger partial charge on any atom is 0.407 e. The van der Waals surface area contributed by atoms with Crippen molar-refractivity contribution in [2.45, 2.75) is 43.8 Å². The van der Waals surface area contributed by atoms with E-state index in [4.69, 9.17) is 4.99 Å². The Morgan fingerprint density at radius 2 is 1.32 bits per heavy atom. The van der Waals surface area contributed by atoms with Crippen LogP contribution in [0.5, 0.6) is 0 Å². The molecule has 3 rings (SSSR count). The molecule has 3 atom stereocenters. The highest BCUT2D eigenvalue weighted by Gasteiger charge is 2.48. The van der Waals surface area contributed by atoms with E-state index in [1.807, 2.05) is 60.7 Å². The number of halogens is 4. The predicted octanol–water partition coefficient (Wildman–Crippen LogP) is 7.01. The van der Waals surface area contributed by atoms with Crippen molar-refractivity contribution in [2.75, 3.05) is 0 Å². The fraction of sp³-hybridized carbons (Fsp3) is 0.269. The molecule has 0 aromatic heterocycles. The number of hydrogen-bond acceptors (Lipinski definition) is 2. The first kappa shape index (κ1) is 26.3. The lowest BCUT2D eigenvalue weighted by molar-refractivity contribution is -0.155. The Bertz CT molecular complexity index is 1100. The van der Waals surface area contributed by atoms with Gasteiger partial charge in [0.25, 0.3) is 0 Å². The summed E-state index contributed by atoms with van der Waals surface area (Å²) in [6.07, 6.45) is -4.72. The van der Waals surface area contributed by atoms with E-state index in [1.165, 1.54) is 0 Å². The van der Waals surface area contributed by atoms with Crippen molar-refractivity contribution in [1.29, 1.82) is 0 Å². The van der Waals surface area contributed by atoms with Crippen molar-refractivity contribution in [3.8, 4) is 0 Å². The molecule has 1 N–H and O–H groups in total. The van der Waals surface area contributed by atoms with Gasteiger partial charge in [0, 0.05) is 15.6 Å². The number of aliphatic imine (C=N–C) groups is 1. The fourth-order valence-corrected chi connectivity index (χ4v) is 4.65. The minimum atomic E-state index is -4.72. The van der Waals surface area contributed by atoms with Crippen LogP contribution in [0.25, 0.3) is 0 Å². The summed E-state index contributed by atoms with van der Waals surface area (Å²) in [4.78, 5) is 4.72. The van der Waals surface area contributed by atoms with Crippen LogP contribution in [0.1, 0.15) is 43.5 Å². The second kappa shape index (κ2) is 11.0. The summed E-state index contributed by atoms with van der Waals surface area (Å²) in [6.45, 7) is 4.87. The molecule has 0 spiro atoms. The highest BCUT2D eigenvalue weighted by Crippen LogP contribution is 2.37. The lowest BCUT2D eigenvalue weighted by Crippen LogP contribution is -2.50. The first-order valence-electron chi connectivity index (χ1n) is 10.7. The van der Waals surface area contributed by atoms with E-state index in [-0.39, 0.29) is 0 Å². The molecular weight excluding hydrogens is 525 g/mol. The molecule has 0 saturated carbocycles. The fourth-order valence-electron chi connectivity index (χ4n) is 3.29. The lowest BCUT2D eigenvalue weighted by Gasteiger charge is -2.31. The Labute approximate surface area is 209 Å². The molecule has 3 aromatic rings. The molecule has 0 aliphatic rings. The molecule has 0 aliphatic heterocycles. The topological polar surface area (TPSA) is 41.5 Å². The summed E-state index contributed by atoms with van der Waals surface area (Å²) in [7, 11) is -1.97. The summed E-state index contributed by atoms with van der Waals surface area (Å²) >= 11 is 3.40. The minimum Gasteiger partial charge on any atom is -0.274 e. The van der Waals surface area contributed by atoms with Crippen molar-refractivity contribution in [1.82, 2.24) is 4.72 Å². The first-order chi connectivity index (χ1) is 16.0. The van der Waals surface area contributed by atoms with Crippen LogP contribution in [0.2, 0.25) is 0 Å². The standard InChI is InChI=1S/C26H26BrF3N2OS/c1-25(2,3)34(33)32-24(26(28,29)30)23(20-16-10-11-17-21(20)27)31-22(18-12-6-4-7-13-18)19-14-8-5-9-15-19/h4-17,23-24,32H,1-3H3/t23-,24+,34?/m1/s1. The van der Waals surface area contributed by atoms with Crippen molar-refractivity contribution in [3.63, 3.8) is 0 Å². The Morgan fingerprint density at radius 1 is 0.853 bits per heavy atom. The lowest BCUT2D eigenvalue weighted by atomic mass is 9.97. The summed E-state index contributed by atoms with van der Waals surface area (Å²) in [5.74, 6) is 0. The normalized spacial score (nSPS) is 14.8. The monoisotopic (exact) mass is 550 g/mol. The van der Waals surface area contributed by atoms with Gasteiger partial charge in [-0.25, -0.2) is 8.93 Å². The maximum absolute atomic E-state index is 14.5. The van der Waals surface area contributed by atoms with Gasteiger partial charge in [-0.1, -0.05) is 94.8 Å². The zero-order valence-corrected chi connectivity index (χ0v) is 21.4. The minimum absolute atomic E-state index is 0.340. The number of rotatable bonds is 7. The number of nitrogens with zero attached hydrogens (tertiary/aromatic N) is 1. The molecule has 3 aromatic carbocycles. The number of benzene rings is 3. The molecule has 3 nitrogen and oxygen atoms in total. The van der Waals surface area contributed by atoms with E-state index >= 15 is 0 Å². The zero-order chi connectivity index (χ0) is 24.9. The van der Waals surface area contributed by atoms with Gasteiger partial charge in [-0.15, -0.1) is 0 Å². The maximum atomic E-state index is 14.5. The Hall–Kier alpha value is -2.29. The van der Waals surface area contributed by atoms with E-state index in [9.17, 15) is 17.4 Å². The second-order valence-electron chi connectivity index (χ2n) is 8.69. The van der Waals surface area contributed by atoms with Crippen LogP contribution in [0.15, 0.2) is 94.4 Å². The highest BCUT2D eigenvalue weighted by molar-refractivity contribution is 9.10. The van der Waals surface area contributed by atoms with Crippen LogP contribution >= 0.6 is 15.9 Å². The van der Waals surface area contributed by atoms with Gasteiger partial charge in [-0.2, -0.15) is 13.2 Å². The number of hydrogen-bond donors (Lipinski definition) is 1. The van der Waals surface area contributed by atoms with Gasteiger partial charge in [0.2, 0.25) is 0 Å². The van der Waals surface area contributed by atoms with Gasteiger partial charge < -0.3 is 0 Å². The summed E-state index contributed by atoms with van der Waals surface area (Å²) in [5.41, 5.74) is 2.12. The number of nitrogens with one attached hydrogen (secondary N) is 1. The van der Waals surface area contributed by atoms with Gasteiger partial charge in [0.1, 0.15) is 12.1 Å². The van der Waals surface area contributed by atoms with Crippen LogP contribution in [0.3, 0.4) is 0 Å². The molecule has 0 amide bonds. The van der Waals surface area contributed by atoms with Gasteiger partial charge in [0.05, 0.1) is 21.4 Å². The zero-order valence-electron chi connectivity index (χ0n) is 19.0. The molecule has 0 radical (unpaired) electrons. The van der Waals surface area contributed by atoms with Gasteiger partial charge in [-0.05, 0) is 32.4 Å². The molecule has 0 heterocycles. The third-order valence-electron chi connectivity index (χ3n) is 5.05. The Kier molecular flexibility index (Phi) is 8.49. The molecule has 0 saturated heterocycles. The molecule has 34 heavy (non-hydrogen) atoms. The van der Waals surface area contributed by atoms with Gasteiger partial charge >= 0.3 is 6.18 Å². The third-order valence-corrected chi connectivity index (χ3v) is 7.35. The van der Waals surface area contributed by atoms with E-state index in [1.54, 1.807) is 45.0 Å². The van der Waals surface area contributed by atoms with E-state index in [2.05, 4.69) is 20.7 Å². The van der Waals surface area contributed by atoms with Crippen LogP contribution in [0, 0.1) is 0 Å². The molecule has 0 fully saturated rings. The summed E-state index contributed by atoms with van der Waals surface area (Å²) < 4.78 is 58.3. The smallest absolute Gasteiger partial charge is 0.274 e. The molecule has 0 bridgehead atoms. The van der Waals surface area contributed by atoms with Crippen LogP contribution < -0.4 is 4.72 Å². The average molecular weight is 551 g/mol. The summed E-state index contributed by atoms with van der Waals surface area (Å²) in [6, 6.07) is 21.3. The SMILES string of the molecule is CC(C)(C)S(=O)N[C@@H]([C@H](N=C(c1ccccc1)c1ccccc1)c1ccccc1Br)C(F)(F)F. The van der Waals surface area contributed by atoms with Gasteiger partial charge in [0.15, 0.2) is 0 Å². The predicted molar refractivity (Wildman–Crippen MR) is 136 cm³/mol. The van der Waals surface area contributed by atoms with Crippen LogP contribution in [0.4, 0.5) is 13.2 Å². The van der Waals surface area contributed by atoms with Crippen LogP contribution in [-0.2, 0) is 11.0 Å². The molecule has 180 valence electrons. The van der Waals surface area contributed by atoms with Crippen molar-refractivity contribution in [3.05, 3.63) is 106 Å². The average Bonchev–Trinajstić information content (AvgIpc) is 2.79. The van der Waals surface area contributed by atoms with Crippen molar-refractivity contribution in [2.24, 2.45) is 4.99 Å². The molecular formula is C26H26BrF3N2OS. The summed E-state index contributed by atoms with van der Waals surface area (Å²) in [5, 5.41) is 0. The quantitative estimate of drug-likeness (QED) is 0.316. The second-order valence-corrected chi connectivity index (χ2v) is 11.5.